The fourth-order valence-corrected chi connectivity index (χ4v) is 4.45. The number of hydrogen-bond donors (Lipinski definition) is 4. The minimum absolute atomic E-state index is 0.149. The van der Waals surface area contributed by atoms with Gasteiger partial charge in [-0.15, -0.1) is 0 Å². The number of nitrogens with one attached hydrogen (secondary N) is 2. The van der Waals surface area contributed by atoms with E-state index in [2.05, 4.69) is 27.2 Å². The van der Waals surface area contributed by atoms with Crippen molar-refractivity contribution in [1.29, 1.82) is 0 Å². The van der Waals surface area contributed by atoms with Gasteiger partial charge < -0.3 is 25.0 Å². The van der Waals surface area contributed by atoms with E-state index in [4.69, 9.17) is 9.47 Å². The van der Waals surface area contributed by atoms with Gasteiger partial charge in [-0.1, -0.05) is 58.3 Å². The number of rotatable bonds is 15. The molecule has 13 heteroatoms. The number of anilines is 1. The van der Waals surface area contributed by atoms with Gasteiger partial charge in [0.1, 0.15) is 18.0 Å². The lowest BCUT2D eigenvalue weighted by Gasteiger charge is -2.21. The van der Waals surface area contributed by atoms with Crippen LogP contribution in [0.5, 0.6) is 0 Å². The molecule has 2 aromatic rings. The van der Waals surface area contributed by atoms with Crippen LogP contribution in [0.25, 0.3) is 0 Å². The molecule has 1 aliphatic heterocycles. The first-order valence-electron chi connectivity index (χ1n) is 13.6. The number of H-pyrrole nitrogens is 1. The zero-order valence-corrected chi connectivity index (χ0v) is 22.4. The lowest BCUT2D eigenvalue weighted by Crippen LogP contribution is -2.38. The van der Waals surface area contributed by atoms with Crippen molar-refractivity contribution in [3.8, 4) is 0 Å². The number of nitrogens with zero attached hydrogens (tertiary/aromatic N) is 2. The summed E-state index contributed by atoms with van der Waals surface area (Å²) < 4.78 is 39.9. The molecule has 0 radical (unpaired) electrons. The molecule has 1 saturated heterocycles. The van der Waals surface area contributed by atoms with Gasteiger partial charge in [0.2, 0.25) is 0 Å². The summed E-state index contributed by atoms with van der Waals surface area (Å²) in [5.74, 6) is -6.11. The molecule has 0 aliphatic carbocycles. The van der Waals surface area contributed by atoms with E-state index >= 15 is 0 Å². The van der Waals surface area contributed by atoms with Crippen LogP contribution in [-0.2, 0) is 9.47 Å². The number of alkyl halides is 2. The highest BCUT2D eigenvalue weighted by atomic mass is 19.3. The maximum Gasteiger partial charge on any atom is 0.357 e. The van der Waals surface area contributed by atoms with Gasteiger partial charge in [-0.05, 0) is 18.6 Å². The van der Waals surface area contributed by atoms with Crippen LogP contribution >= 0.6 is 0 Å². The van der Waals surface area contributed by atoms with Crippen LogP contribution in [-0.4, -0.2) is 68.4 Å². The van der Waals surface area contributed by atoms with Gasteiger partial charge in [0.15, 0.2) is 11.8 Å². The molecular weight excluding hydrogens is 530 g/mol. The second-order valence-electron chi connectivity index (χ2n) is 9.69. The normalized spacial score (nSPS) is 19.9. The van der Waals surface area contributed by atoms with Crippen LogP contribution in [0.1, 0.15) is 97.2 Å². The number of carbonyl (C=O) groups excluding carboxylic acids is 2. The topological polar surface area (TPSA) is 164 Å². The van der Waals surface area contributed by atoms with Crippen LogP contribution in [0.2, 0.25) is 0 Å². The van der Waals surface area contributed by atoms with Crippen LogP contribution in [0.15, 0.2) is 29.3 Å². The Morgan fingerprint density at radius 2 is 1.80 bits per heavy atom. The summed E-state index contributed by atoms with van der Waals surface area (Å²) in [6.45, 7) is 1.44. The number of pyridine rings is 1. The maximum absolute atomic E-state index is 14.7. The van der Waals surface area contributed by atoms with Gasteiger partial charge in [-0.25, -0.2) is 28.3 Å². The van der Waals surface area contributed by atoms with Crippen LogP contribution in [0, 0.1) is 0 Å². The summed E-state index contributed by atoms with van der Waals surface area (Å²) in [4.78, 5) is 47.2. The highest BCUT2D eigenvalue weighted by Crippen LogP contribution is 2.46. The number of halogens is 2. The highest BCUT2D eigenvalue weighted by Gasteiger charge is 2.59. The van der Waals surface area contributed by atoms with Gasteiger partial charge >= 0.3 is 17.6 Å². The second-order valence-corrected chi connectivity index (χ2v) is 9.69. The van der Waals surface area contributed by atoms with Crippen molar-refractivity contribution in [2.45, 2.75) is 88.9 Å². The number of hydrogen-bond acceptors (Lipinski definition) is 9. The van der Waals surface area contributed by atoms with Gasteiger partial charge in [-0.3, -0.25) is 9.78 Å². The van der Waals surface area contributed by atoms with E-state index in [9.17, 15) is 33.4 Å². The summed E-state index contributed by atoms with van der Waals surface area (Å²) in [7, 11) is 0. The Morgan fingerprint density at radius 1 is 1.12 bits per heavy atom. The Kier molecular flexibility index (Phi) is 11.6. The lowest BCUT2D eigenvalue weighted by atomic mass is 10.0. The molecule has 3 atom stereocenters. The molecule has 2 aromatic heterocycles. The Morgan fingerprint density at radius 3 is 2.45 bits per heavy atom. The number of unbranched alkanes of at least 4 members (excludes halogenated alkanes) is 8. The largest absolute Gasteiger partial charge is 0.461 e. The van der Waals surface area contributed by atoms with Gasteiger partial charge in [-0.2, -0.15) is 0 Å². The first-order chi connectivity index (χ1) is 19.2. The Bertz CT molecular complexity index is 1190. The third-order valence-electron chi connectivity index (χ3n) is 6.68. The molecule has 4 N–H and O–H groups in total. The van der Waals surface area contributed by atoms with Crippen LogP contribution in [0.4, 0.5) is 14.6 Å². The monoisotopic (exact) mass is 566 g/mol. The third kappa shape index (κ3) is 7.89. The van der Waals surface area contributed by atoms with Crippen molar-refractivity contribution in [2.75, 3.05) is 18.5 Å². The number of ether oxygens (including phenoxy) is 2. The SMILES string of the molecule is CCCCCCCCCCCOC(=O)c1ncccc1C(=O)Nc1[nH]c(=O)ncc1[C@H]1O[C@H](CO)[C@@H](O)C1(F)F. The average molecular weight is 567 g/mol. The predicted octanol–water partition coefficient (Wildman–Crippen LogP) is 3.53. The number of aromatic nitrogens is 3. The van der Waals surface area contributed by atoms with E-state index in [1.54, 1.807) is 0 Å². The molecule has 3 heterocycles. The molecule has 220 valence electrons. The van der Waals surface area contributed by atoms with E-state index < -0.39 is 59.8 Å². The number of carbonyl (C=O) groups is 2. The third-order valence-corrected chi connectivity index (χ3v) is 6.68. The van der Waals surface area contributed by atoms with E-state index in [-0.39, 0.29) is 17.9 Å². The maximum atomic E-state index is 14.7. The molecule has 0 spiro atoms. The van der Waals surface area contributed by atoms with Crippen molar-refractivity contribution in [3.05, 3.63) is 51.8 Å². The van der Waals surface area contributed by atoms with Crippen LogP contribution in [0.3, 0.4) is 0 Å². The Hall–Kier alpha value is -3.29. The summed E-state index contributed by atoms with van der Waals surface area (Å²) in [6.07, 6.45) is 5.86. The van der Waals surface area contributed by atoms with Crippen molar-refractivity contribution >= 4 is 17.7 Å². The molecular formula is C27H36F2N4O7. The van der Waals surface area contributed by atoms with Crippen molar-refractivity contribution in [1.82, 2.24) is 15.0 Å². The van der Waals surface area contributed by atoms with Crippen molar-refractivity contribution in [2.24, 2.45) is 0 Å². The predicted molar refractivity (Wildman–Crippen MR) is 140 cm³/mol. The van der Waals surface area contributed by atoms with Gasteiger partial charge in [0.05, 0.1) is 18.8 Å². The number of aromatic amines is 1. The fourth-order valence-electron chi connectivity index (χ4n) is 4.45. The number of aliphatic hydroxyl groups is 2. The van der Waals surface area contributed by atoms with Gasteiger partial charge in [0.25, 0.3) is 5.91 Å². The summed E-state index contributed by atoms with van der Waals surface area (Å²) >= 11 is 0. The standard InChI is InChI=1S/C27H36F2N4O7/c1-2-3-4-5-6-7-8-9-10-14-39-25(37)20-17(12-11-13-30-20)24(36)32-23-18(15-31-26(38)33-23)22-27(28,29)21(35)19(16-34)40-22/h11-13,15,19,21-22,34-35H,2-10,14,16H2,1H3,(H2,31,32,33,36,38)/t19-,21-,22-/m1/s1. The Labute approximate surface area is 230 Å². The zero-order chi connectivity index (χ0) is 29.1. The van der Waals surface area contributed by atoms with E-state index in [0.717, 1.165) is 25.5 Å². The first-order valence-corrected chi connectivity index (χ1v) is 13.6. The highest BCUT2D eigenvalue weighted by molar-refractivity contribution is 6.10. The molecule has 0 aromatic carbocycles. The Balaban J connectivity index is 1.63. The van der Waals surface area contributed by atoms with Gasteiger partial charge in [0, 0.05) is 18.0 Å². The first kappa shape index (κ1) is 31.2. The van der Waals surface area contributed by atoms with E-state index in [0.29, 0.717) is 6.42 Å². The number of esters is 1. The molecule has 1 amide bonds. The van der Waals surface area contributed by atoms with Crippen molar-refractivity contribution < 1.29 is 38.1 Å². The molecule has 1 fully saturated rings. The summed E-state index contributed by atoms with van der Waals surface area (Å²) in [6, 6.07) is 2.70. The molecule has 40 heavy (non-hydrogen) atoms. The number of aliphatic hydroxyl groups excluding tert-OH is 2. The zero-order valence-electron chi connectivity index (χ0n) is 22.4. The molecule has 3 rings (SSSR count). The van der Waals surface area contributed by atoms with Crippen molar-refractivity contribution in [3.63, 3.8) is 0 Å². The molecule has 0 saturated carbocycles. The number of amides is 1. The molecule has 1 aliphatic rings. The fraction of sp³-hybridized carbons (Fsp3) is 0.593. The minimum Gasteiger partial charge on any atom is -0.461 e. The quantitative estimate of drug-likeness (QED) is 0.186. The second kappa shape index (κ2) is 14.9. The smallest absolute Gasteiger partial charge is 0.357 e. The summed E-state index contributed by atoms with van der Waals surface area (Å²) in [5, 5.41) is 21.4. The molecule has 0 bridgehead atoms. The molecule has 11 nitrogen and oxygen atoms in total. The molecule has 0 unspecified atom stereocenters. The van der Waals surface area contributed by atoms with E-state index in [1.807, 2.05) is 0 Å². The lowest BCUT2D eigenvalue weighted by molar-refractivity contribution is -0.113. The average Bonchev–Trinajstić information content (AvgIpc) is 3.17. The van der Waals surface area contributed by atoms with Crippen LogP contribution < -0.4 is 11.0 Å². The van der Waals surface area contributed by atoms with E-state index in [1.165, 1.54) is 50.4 Å². The summed E-state index contributed by atoms with van der Waals surface area (Å²) in [5.41, 5.74) is -1.89. The minimum atomic E-state index is -3.87.